The molecule has 0 fully saturated rings. The molecule has 3 nitrogen and oxygen atoms in total. The van der Waals surface area contributed by atoms with Crippen LogP contribution in [0.4, 0.5) is 0 Å². The van der Waals surface area contributed by atoms with Gasteiger partial charge in [-0.3, -0.25) is 5.41 Å². The lowest BCUT2D eigenvalue weighted by atomic mass is 10.0. The molecule has 0 aromatic carbocycles. The van der Waals surface area contributed by atoms with E-state index in [1.165, 1.54) is 11.1 Å². The third-order valence-corrected chi connectivity index (χ3v) is 2.47. The lowest BCUT2D eigenvalue weighted by Gasteiger charge is -2.14. The Morgan fingerprint density at radius 1 is 1.50 bits per heavy atom. The molecule has 1 heterocycles. The first-order chi connectivity index (χ1) is 5.77. The summed E-state index contributed by atoms with van der Waals surface area (Å²) in [6.07, 6.45) is 6.66. The van der Waals surface area contributed by atoms with Crippen molar-refractivity contribution in [3.8, 4) is 0 Å². The molecule has 1 aliphatic carbocycles. The predicted molar refractivity (Wildman–Crippen MR) is 48.9 cm³/mol. The van der Waals surface area contributed by atoms with Gasteiger partial charge >= 0.3 is 0 Å². The Morgan fingerprint density at radius 2 is 2.33 bits per heavy atom. The van der Waals surface area contributed by atoms with Crippen molar-refractivity contribution in [2.45, 2.75) is 12.8 Å². The minimum absolute atomic E-state index is 0.192. The Hall–Kier alpha value is -1.25. The van der Waals surface area contributed by atoms with Gasteiger partial charge in [0.25, 0.3) is 0 Å². The third-order valence-electron chi connectivity index (χ3n) is 2.47. The number of rotatable bonds is 0. The molecular formula is C9H13N3. The summed E-state index contributed by atoms with van der Waals surface area (Å²) in [6, 6.07) is 0. The van der Waals surface area contributed by atoms with Crippen LogP contribution in [0.1, 0.15) is 12.8 Å². The SMILES string of the molecule is N=C(N)N1CC2=C(CCC=C2)C1. The molecule has 0 aromatic rings. The highest BCUT2D eigenvalue weighted by Crippen LogP contribution is 2.25. The standard InChI is InChI=1S/C9H13N3/c10-9(11)12-5-7-3-1-2-4-8(7)6-12/h1,3H,2,4-6H2,(H3,10,11). The van der Waals surface area contributed by atoms with Gasteiger partial charge in [0.05, 0.1) is 0 Å². The molecule has 0 saturated carbocycles. The molecule has 0 aromatic heterocycles. The van der Waals surface area contributed by atoms with E-state index >= 15 is 0 Å². The highest BCUT2D eigenvalue weighted by Gasteiger charge is 2.21. The molecule has 64 valence electrons. The van der Waals surface area contributed by atoms with Gasteiger partial charge in [-0.25, -0.2) is 0 Å². The molecule has 2 aliphatic rings. The average molecular weight is 163 g/mol. The van der Waals surface area contributed by atoms with Crippen molar-refractivity contribution in [1.82, 2.24) is 4.90 Å². The maximum absolute atomic E-state index is 7.30. The molecule has 0 atom stereocenters. The summed E-state index contributed by atoms with van der Waals surface area (Å²) in [5.41, 5.74) is 8.25. The van der Waals surface area contributed by atoms with E-state index in [1.54, 1.807) is 0 Å². The van der Waals surface area contributed by atoms with Crippen molar-refractivity contribution in [3.63, 3.8) is 0 Å². The van der Waals surface area contributed by atoms with E-state index < -0.39 is 0 Å². The summed E-state index contributed by atoms with van der Waals surface area (Å²) in [5.74, 6) is 0.192. The van der Waals surface area contributed by atoms with Crippen molar-refractivity contribution in [2.75, 3.05) is 13.1 Å². The van der Waals surface area contributed by atoms with E-state index in [0.717, 1.165) is 25.9 Å². The van der Waals surface area contributed by atoms with E-state index in [-0.39, 0.29) is 5.96 Å². The minimum atomic E-state index is 0.192. The molecule has 0 amide bonds. The molecule has 1 aliphatic heterocycles. The molecule has 0 saturated heterocycles. The molecule has 3 N–H and O–H groups in total. The van der Waals surface area contributed by atoms with Crippen LogP contribution in [0, 0.1) is 5.41 Å². The molecule has 0 bridgehead atoms. The first-order valence-electron chi connectivity index (χ1n) is 4.24. The number of allylic oxidation sites excluding steroid dienone is 1. The number of guanidine groups is 1. The number of hydrogen-bond donors (Lipinski definition) is 2. The smallest absolute Gasteiger partial charge is 0.188 e. The summed E-state index contributed by atoms with van der Waals surface area (Å²) < 4.78 is 0. The fourth-order valence-corrected chi connectivity index (χ4v) is 1.77. The quantitative estimate of drug-likeness (QED) is 0.411. The molecule has 3 heteroatoms. The van der Waals surface area contributed by atoms with Crippen LogP contribution in [0.15, 0.2) is 23.3 Å². The molecule has 0 spiro atoms. The molecule has 0 unspecified atom stereocenters. The summed E-state index contributed by atoms with van der Waals surface area (Å²) in [7, 11) is 0. The zero-order chi connectivity index (χ0) is 8.55. The number of nitrogens with zero attached hydrogens (tertiary/aromatic N) is 1. The van der Waals surface area contributed by atoms with E-state index in [9.17, 15) is 0 Å². The van der Waals surface area contributed by atoms with Crippen molar-refractivity contribution >= 4 is 5.96 Å². The fraction of sp³-hybridized carbons (Fsp3) is 0.444. The first-order valence-corrected chi connectivity index (χ1v) is 4.24. The van der Waals surface area contributed by atoms with Crippen LogP contribution < -0.4 is 5.73 Å². The zero-order valence-corrected chi connectivity index (χ0v) is 7.01. The Morgan fingerprint density at radius 3 is 3.00 bits per heavy atom. The summed E-state index contributed by atoms with van der Waals surface area (Å²) >= 11 is 0. The van der Waals surface area contributed by atoms with Gasteiger partial charge in [0.1, 0.15) is 0 Å². The number of nitrogens with one attached hydrogen (secondary N) is 1. The first kappa shape index (κ1) is 7.40. The van der Waals surface area contributed by atoms with Crippen molar-refractivity contribution in [3.05, 3.63) is 23.3 Å². The second-order valence-corrected chi connectivity index (χ2v) is 3.31. The van der Waals surface area contributed by atoms with E-state index in [2.05, 4.69) is 12.2 Å². The largest absolute Gasteiger partial charge is 0.370 e. The van der Waals surface area contributed by atoms with Crippen molar-refractivity contribution < 1.29 is 0 Å². The van der Waals surface area contributed by atoms with Gasteiger partial charge in [-0.2, -0.15) is 0 Å². The summed E-state index contributed by atoms with van der Waals surface area (Å²) in [5, 5.41) is 7.30. The van der Waals surface area contributed by atoms with Gasteiger partial charge in [-0.05, 0) is 24.0 Å². The molecular weight excluding hydrogens is 150 g/mol. The van der Waals surface area contributed by atoms with Crippen LogP contribution in [0.3, 0.4) is 0 Å². The van der Waals surface area contributed by atoms with E-state index in [0.29, 0.717) is 0 Å². The van der Waals surface area contributed by atoms with Crippen LogP contribution in [-0.4, -0.2) is 23.9 Å². The highest BCUT2D eigenvalue weighted by atomic mass is 15.2. The van der Waals surface area contributed by atoms with Crippen molar-refractivity contribution in [2.24, 2.45) is 5.73 Å². The monoisotopic (exact) mass is 163 g/mol. The second-order valence-electron chi connectivity index (χ2n) is 3.31. The average Bonchev–Trinajstić information content (AvgIpc) is 2.46. The Balaban J connectivity index is 2.12. The van der Waals surface area contributed by atoms with Gasteiger partial charge in [0, 0.05) is 13.1 Å². The van der Waals surface area contributed by atoms with Gasteiger partial charge < -0.3 is 10.6 Å². The van der Waals surface area contributed by atoms with E-state index in [4.69, 9.17) is 11.1 Å². The van der Waals surface area contributed by atoms with Gasteiger partial charge in [-0.15, -0.1) is 0 Å². The Bertz CT molecular complexity index is 275. The zero-order valence-electron chi connectivity index (χ0n) is 7.01. The van der Waals surface area contributed by atoms with Crippen LogP contribution in [0.5, 0.6) is 0 Å². The second kappa shape index (κ2) is 2.66. The van der Waals surface area contributed by atoms with Gasteiger partial charge in [-0.1, -0.05) is 12.2 Å². The van der Waals surface area contributed by atoms with Crippen LogP contribution >= 0.6 is 0 Å². The van der Waals surface area contributed by atoms with Crippen LogP contribution in [-0.2, 0) is 0 Å². The van der Waals surface area contributed by atoms with E-state index in [1.807, 2.05) is 4.90 Å². The molecule has 12 heavy (non-hydrogen) atoms. The Kier molecular flexibility index (Phi) is 1.64. The summed E-state index contributed by atoms with van der Waals surface area (Å²) in [6.45, 7) is 1.70. The third kappa shape index (κ3) is 1.11. The topological polar surface area (TPSA) is 53.1 Å². The lowest BCUT2D eigenvalue weighted by molar-refractivity contribution is 0.516. The highest BCUT2D eigenvalue weighted by molar-refractivity contribution is 5.76. The minimum Gasteiger partial charge on any atom is -0.370 e. The maximum atomic E-state index is 7.30. The summed E-state index contributed by atoms with van der Waals surface area (Å²) in [4.78, 5) is 1.90. The number of nitrogens with two attached hydrogens (primary N) is 1. The Labute approximate surface area is 72.1 Å². The predicted octanol–water partition coefficient (Wildman–Crippen LogP) is 0.842. The molecule has 2 rings (SSSR count). The normalized spacial score (nSPS) is 21.5. The van der Waals surface area contributed by atoms with Crippen LogP contribution in [0.25, 0.3) is 0 Å². The van der Waals surface area contributed by atoms with Crippen molar-refractivity contribution in [1.29, 1.82) is 5.41 Å². The fourth-order valence-electron chi connectivity index (χ4n) is 1.77. The van der Waals surface area contributed by atoms with Crippen LogP contribution in [0.2, 0.25) is 0 Å². The van der Waals surface area contributed by atoms with Gasteiger partial charge in [0.2, 0.25) is 0 Å². The maximum Gasteiger partial charge on any atom is 0.188 e. The lowest BCUT2D eigenvalue weighted by Crippen LogP contribution is -2.34. The van der Waals surface area contributed by atoms with Gasteiger partial charge in [0.15, 0.2) is 5.96 Å². The number of hydrogen-bond acceptors (Lipinski definition) is 1. The molecule has 0 radical (unpaired) electrons.